The van der Waals surface area contributed by atoms with Crippen molar-refractivity contribution in [3.8, 4) is 0 Å². The lowest BCUT2D eigenvalue weighted by Gasteiger charge is -2.14. The fraction of sp³-hybridized carbons (Fsp3) is 0.294. The minimum atomic E-state index is 0.0451. The Kier molecular flexibility index (Phi) is 4.78. The second-order valence-electron chi connectivity index (χ2n) is 5.04. The summed E-state index contributed by atoms with van der Waals surface area (Å²) in [6.07, 6.45) is 1.96. The molecule has 2 rings (SSSR count). The first-order chi connectivity index (χ1) is 9.08. The largest absolute Gasteiger partial charge is 0.324 e. The van der Waals surface area contributed by atoms with Crippen molar-refractivity contribution < 1.29 is 0 Å². The molecule has 0 saturated carbocycles. The van der Waals surface area contributed by atoms with Crippen molar-refractivity contribution in [1.82, 2.24) is 0 Å². The fourth-order valence-corrected chi connectivity index (χ4v) is 2.89. The Morgan fingerprint density at radius 2 is 1.68 bits per heavy atom. The number of nitrogens with two attached hydrogens (primary N) is 1. The van der Waals surface area contributed by atoms with Crippen molar-refractivity contribution >= 4 is 15.9 Å². The summed E-state index contributed by atoms with van der Waals surface area (Å²) in [6, 6.07) is 15.2. The van der Waals surface area contributed by atoms with Crippen LogP contribution in [0.3, 0.4) is 0 Å². The van der Waals surface area contributed by atoms with Crippen LogP contribution >= 0.6 is 15.9 Å². The molecule has 0 spiro atoms. The smallest absolute Gasteiger partial charge is 0.0336 e. The van der Waals surface area contributed by atoms with Crippen molar-refractivity contribution in [3.05, 3.63) is 69.2 Å². The van der Waals surface area contributed by atoms with Crippen LogP contribution in [-0.2, 0) is 12.8 Å². The van der Waals surface area contributed by atoms with Crippen LogP contribution in [0.25, 0.3) is 0 Å². The van der Waals surface area contributed by atoms with Gasteiger partial charge in [-0.05, 0) is 54.2 Å². The third-order valence-corrected chi connectivity index (χ3v) is 3.84. The van der Waals surface area contributed by atoms with E-state index in [0.717, 1.165) is 17.3 Å². The van der Waals surface area contributed by atoms with Crippen LogP contribution in [0.4, 0.5) is 0 Å². The fourth-order valence-electron chi connectivity index (χ4n) is 2.26. The molecule has 2 N–H and O–H groups in total. The molecule has 1 nitrogen and oxygen atoms in total. The molecule has 0 heterocycles. The highest BCUT2D eigenvalue weighted by atomic mass is 79.9. The van der Waals surface area contributed by atoms with Gasteiger partial charge in [-0.25, -0.2) is 0 Å². The molecule has 1 unspecified atom stereocenters. The Bertz CT molecular complexity index is 525. The van der Waals surface area contributed by atoms with Gasteiger partial charge < -0.3 is 5.73 Å². The predicted molar refractivity (Wildman–Crippen MR) is 85.3 cm³/mol. The lowest BCUT2D eigenvalue weighted by atomic mass is 9.97. The first kappa shape index (κ1) is 14.3. The van der Waals surface area contributed by atoms with E-state index in [1.54, 1.807) is 0 Å². The highest BCUT2D eigenvalue weighted by Crippen LogP contribution is 2.22. The monoisotopic (exact) mass is 317 g/mol. The van der Waals surface area contributed by atoms with Gasteiger partial charge in [0.1, 0.15) is 0 Å². The summed E-state index contributed by atoms with van der Waals surface area (Å²) < 4.78 is 1.10. The van der Waals surface area contributed by atoms with Crippen LogP contribution in [0, 0.1) is 6.92 Å². The van der Waals surface area contributed by atoms with Crippen molar-refractivity contribution in [3.63, 3.8) is 0 Å². The Labute approximate surface area is 124 Å². The normalized spacial score (nSPS) is 12.4. The van der Waals surface area contributed by atoms with Crippen molar-refractivity contribution in [1.29, 1.82) is 0 Å². The minimum absolute atomic E-state index is 0.0451. The molecule has 2 heteroatoms. The van der Waals surface area contributed by atoms with Crippen LogP contribution in [-0.4, -0.2) is 0 Å². The molecule has 19 heavy (non-hydrogen) atoms. The van der Waals surface area contributed by atoms with Crippen molar-refractivity contribution in [2.45, 2.75) is 32.7 Å². The topological polar surface area (TPSA) is 26.0 Å². The molecule has 0 amide bonds. The molecule has 1 atom stereocenters. The maximum Gasteiger partial charge on any atom is 0.0336 e. The standard InChI is InChI=1S/C17H20BrN/c1-3-13-4-6-14(7-5-13)10-17(19)15-8-12(2)9-16(18)11-15/h4-9,11,17H,3,10,19H2,1-2H3. The number of halogens is 1. The first-order valence-corrected chi connectivity index (χ1v) is 7.48. The zero-order chi connectivity index (χ0) is 13.8. The maximum atomic E-state index is 6.31. The molecule has 0 fully saturated rings. The average molecular weight is 318 g/mol. The van der Waals surface area contributed by atoms with E-state index in [9.17, 15) is 0 Å². The molecule has 0 bridgehead atoms. The van der Waals surface area contributed by atoms with Gasteiger partial charge in [-0.15, -0.1) is 0 Å². The average Bonchev–Trinajstić information content (AvgIpc) is 2.38. The van der Waals surface area contributed by atoms with Gasteiger partial charge in [0.25, 0.3) is 0 Å². The third kappa shape index (κ3) is 3.92. The Hall–Kier alpha value is -1.12. The number of hydrogen-bond donors (Lipinski definition) is 1. The second-order valence-corrected chi connectivity index (χ2v) is 5.96. The summed E-state index contributed by atoms with van der Waals surface area (Å²) in [5, 5.41) is 0. The van der Waals surface area contributed by atoms with Gasteiger partial charge in [-0.2, -0.15) is 0 Å². The highest BCUT2D eigenvalue weighted by Gasteiger charge is 2.08. The zero-order valence-corrected chi connectivity index (χ0v) is 13.1. The van der Waals surface area contributed by atoms with E-state index in [2.05, 4.69) is 72.2 Å². The van der Waals surface area contributed by atoms with Crippen LogP contribution in [0.15, 0.2) is 46.9 Å². The zero-order valence-electron chi connectivity index (χ0n) is 11.5. The van der Waals surface area contributed by atoms with Crippen molar-refractivity contribution in [2.75, 3.05) is 0 Å². The number of hydrogen-bond acceptors (Lipinski definition) is 1. The Morgan fingerprint density at radius 3 is 2.26 bits per heavy atom. The maximum absolute atomic E-state index is 6.31. The van der Waals surface area contributed by atoms with E-state index in [1.807, 2.05) is 0 Å². The van der Waals surface area contributed by atoms with Gasteiger partial charge in [0.15, 0.2) is 0 Å². The van der Waals surface area contributed by atoms with Gasteiger partial charge in [0, 0.05) is 10.5 Å². The van der Waals surface area contributed by atoms with E-state index in [-0.39, 0.29) is 6.04 Å². The van der Waals surface area contributed by atoms with Crippen LogP contribution in [0.1, 0.15) is 35.2 Å². The molecule has 0 aliphatic carbocycles. The molecule has 0 aliphatic heterocycles. The molecule has 0 aliphatic rings. The lowest BCUT2D eigenvalue weighted by molar-refractivity contribution is 0.720. The van der Waals surface area contributed by atoms with Gasteiger partial charge in [0.05, 0.1) is 0 Å². The molecule has 0 radical (unpaired) electrons. The summed E-state index contributed by atoms with van der Waals surface area (Å²) >= 11 is 3.53. The number of aryl methyl sites for hydroxylation is 2. The van der Waals surface area contributed by atoms with Crippen LogP contribution < -0.4 is 5.73 Å². The first-order valence-electron chi connectivity index (χ1n) is 6.69. The summed E-state index contributed by atoms with van der Waals surface area (Å²) in [5.41, 5.74) is 11.4. The van der Waals surface area contributed by atoms with Gasteiger partial charge >= 0.3 is 0 Å². The number of rotatable bonds is 4. The van der Waals surface area contributed by atoms with Gasteiger partial charge in [-0.3, -0.25) is 0 Å². The van der Waals surface area contributed by atoms with Crippen LogP contribution in [0.5, 0.6) is 0 Å². The van der Waals surface area contributed by atoms with E-state index < -0.39 is 0 Å². The van der Waals surface area contributed by atoms with E-state index in [0.29, 0.717) is 0 Å². The lowest BCUT2D eigenvalue weighted by Crippen LogP contribution is -2.13. The SMILES string of the molecule is CCc1ccc(CC(N)c2cc(C)cc(Br)c2)cc1. The Morgan fingerprint density at radius 1 is 1.05 bits per heavy atom. The van der Waals surface area contributed by atoms with Crippen molar-refractivity contribution in [2.24, 2.45) is 5.73 Å². The number of benzene rings is 2. The van der Waals surface area contributed by atoms with E-state index in [1.165, 1.54) is 22.3 Å². The molecular weight excluding hydrogens is 298 g/mol. The van der Waals surface area contributed by atoms with Gasteiger partial charge in [0.2, 0.25) is 0 Å². The molecule has 0 saturated heterocycles. The summed E-state index contributed by atoms with van der Waals surface area (Å²) in [5.74, 6) is 0. The third-order valence-electron chi connectivity index (χ3n) is 3.38. The molecule has 2 aromatic rings. The predicted octanol–water partition coefficient (Wildman–Crippen LogP) is 4.56. The Balaban J connectivity index is 2.13. The van der Waals surface area contributed by atoms with E-state index in [4.69, 9.17) is 5.73 Å². The van der Waals surface area contributed by atoms with E-state index >= 15 is 0 Å². The van der Waals surface area contributed by atoms with Crippen LogP contribution in [0.2, 0.25) is 0 Å². The molecule has 2 aromatic carbocycles. The van der Waals surface area contributed by atoms with Gasteiger partial charge in [-0.1, -0.05) is 53.2 Å². The summed E-state index contributed by atoms with van der Waals surface area (Å²) in [6.45, 7) is 4.27. The molecule has 100 valence electrons. The summed E-state index contributed by atoms with van der Waals surface area (Å²) in [7, 11) is 0. The quantitative estimate of drug-likeness (QED) is 0.878. The molecular formula is C17H20BrN. The second kappa shape index (κ2) is 6.36. The minimum Gasteiger partial charge on any atom is -0.324 e. The molecule has 0 aromatic heterocycles. The highest BCUT2D eigenvalue weighted by molar-refractivity contribution is 9.10. The summed E-state index contributed by atoms with van der Waals surface area (Å²) in [4.78, 5) is 0.